The Balaban J connectivity index is 0.000000184. The van der Waals surface area contributed by atoms with Gasteiger partial charge in [-0.25, -0.2) is 28.8 Å². The molecule has 0 bridgehead atoms. The summed E-state index contributed by atoms with van der Waals surface area (Å²) < 4.78 is 18.2. The molecule has 0 spiro atoms. The van der Waals surface area contributed by atoms with Crippen molar-refractivity contribution in [3.8, 4) is 0 Å². The summed E-state index contributed by atoms with van der Waals surface area (Å²) >= 11 is 1.87. The molecule has 0 saturated carbocycles. The van der Waals surface area contributed by atoms with Crippen LogP contribution in [0.4, 0.5) is 19.2 Å². The number of imidazole rings is 2. The summed E-state index contributed by atoms with van der Waals surface area (Å²) in [5.41, 5.74) is 11.9. The van der Waals surface area contributed by atoms with Crippen LogP contribution in [-0.4, -0.2) is 148 Å². The Morgan fingerprint density at radius 2 is 1.26 bits per heavy atom. The number of carboxylic acid groups (broad SMARTS) is 2. The van der Waals surface area contributed by atoms with Crippen LogP contribution in [0.1, 0.15) is 114 Å². The number of amides is 5. The van der Waals surface area contributed by atoms with Crippen LogP contribution in [-0.2, 0) is 40.4 Å². The summed E-state index contributed by atoms with van der Waals surface area (Å²) in [4.78, 5) is 91.6. The molecule has 6 atom stereocenters. The lowest BCUT2D eigenvalue weighted by molar-refractivity contribution is -0.137. The van der Waals surface area contributed by atoms with E-state index in [2.05, 4.69) is 57.2 Å². The van der Waals surface area contributed by atoms with Crippen LogP contribution in [0.25, 0.3) is 22.1 Å². The largest absolute Gasteiger partial charge is 0.481 e. The maximum atomic E-state index is 14.3. The van der Waals surface area contributed by atoms with Gasteiger partial charge >= 0.3 is 41.7 Å². The molecule has 22 nitrogen and oxygen atoms in total. The highest BCUT2D eigenvalue weighted by atomic mass is 32.2. The first kappa shape index (κ1) is 66.9. The first-order valence-electron chi connectivity index (χ1n) is 31.7. The molecule has 5 amide bonds. The average molecular weight is 1270 g/mol. The molecule has 5 aromatic carbocycles. The number of aromatic nitrogens is 4. The fraction of sp³-hybridized carbons (Fsp3) is 0.456. The number of nitrogens with zero attached hydrogens (tertiary/aromatic N) is 7. The molecule has 4 saturated heterocycles. The molecule has 11 rings (SSSR count). The molecule has 2 unspecified atom stereocenters. The fourth-order valence-electron chi connectivity index (χ4n) is 13.0. The first-order chi connectivity index (χ1) is 43.9. The standard InChI is InChI=1S/C38H43N5O3.C20H28N4O5.C10H16N2O3S/c1-2-26-46-38(45)42-24-22-34(43-33-21-13-12-20-32(33)41(25-23-39)37(43)44)35(31-18-10-5-11-19-31)36(42)40(27-29-14-6-3-7-15-29)28-30-16-8-4-9-17-30;1-20(2,3)29-17(25)21-10-13-23-15-6-4-5-7-16(15)24(18(23)26)14-8-11-22(12-9-14)19(27)28;13-8(14)4-2-1-3-7-9-6(5-16-7)11-10(15)12-9/h3-21,34-36H,2,22-28,39H2,1H3;4-7,14H,8-13H2,1-3H3,(H,21,25)(H,27,28);6-7,9H,1-5H2,(H,13,14)(H2,11,12,15)/t34?,35?,36-;;6-,7-,9-/m0.0/s1. The molecular weight excluding hydrogens is 1180 g/mol. The molecule has 0 radical (unpaired) electrons. The predicted octanol–water partition coefficient (Wildman–Crippen LogP) is 9.81. The summed E-state index contributed by atoms with van der Waals surface area (Å²) in [6.45, 7) is 11.6. The number of nitrogens with one attached hydrogen (secondary N) is 3. The van der Waals surface area contributed by atoms with E-state index in [4.69, 9.17) is 25.4 Å². The molecule has 4 aliphatic rings. The number of carbonyl (C=O) groups excluding carboxylic acids is 3. The van der Waals surface area contributed by atoms with Crippen molar-refractivity contribution in [2.45, 2.75) is 152 Å². The lowest BCUT2D eigenvalue weighted by Gasteiger charge is -2.50. The van der Waals surface area contributed by atoms with Gasteiger partial charge in [-0.15, -0.1) is 0 Å². The van der Waals surface area contributed by atoms with Gasteiger partial charge in [0.2, 0.25) is 0 Å². The molecule has 7 aromatic rings. The monoisotopic (exact) mass is 1270 g/mol. The number of hydrogen-bond donors (Lipinski definition) is 6. The van der Waals surface area contributed by atoms with Crippen LogP contribution in [0.5, 0.6) is 0 Å². The maximum absolute atomic E-state index is 14.3. The number of piperidine rings is 2. The number of carboxylic acids is 1. The van der Waals surface area contributed by atoms with Crippen molar-refractivity contribution in [3.05, 3.63) is 177 Å². The van der Waals surface area contributed by atoms with Gasteiger partial charge in [0, 0.05) is 88.3 Å². The summed E-state index contributed by atoms with van der Waals surface area (Å²) in [7, 11) is 0. The lowest BCUT2D eigenvalue weighted by atomic mass is 9.81. The first-order valence-corrected chi connectivity index (χ1v) is 32.7. The molecular formula is C68H87N11O11S. The van der Waals surface area contributed by atoms with Crippen molar-refractivity contribution in [1.82, 2.24) is 48.9 Å². The summed E-state index contributed by atoms with van der Waals surface area (Å²) in [5.74, 6) is -0.00771. The number of carbonyl (C=O) groups is 5. The van der Waals surface area contributed by atoms with Gasteiger partial charge in [-0.2, -0.15) is 11.8 Å². The number of urea groups is 1. The van der Waals surface area contributed by atoms with Crippen molar-refractivity contribution in [3.63, 3.8) is 0 Å². The normalized spacial score (nSPS) is 19.8. The predicted molar refractivity (Wildman–Crippen MR) is 352 cm³/mol. The van der Waals surface area contributed by atoms with Crippen LogP contribution >= 0.6 is 11.8 Å². The second-order valence-electron chi connectivity index (χ2n) is 24.5. The second kappa shape index (κ2) is 31.5. The number of nitrogens with two attached hydrogens (primary N) is 1. The Hall–Kier alpha value is -8.54. The van der Waals surface area contributed by atoms with E-state index in [0.29, 0.717) is 83.5 Å². The molecule has 91 heavy (non-hydrogen) atoms. The van der Waals surface area contributed by atoms with E-state index in [-0.39, 0.29) is 66.6 Å². The van der Waals surface area contributed by atoms with Gasteiger partial charge in [-0.3, -0.25) is 32.9 Å². The summed E-state index contributed by atoms with van der Waals surface area (Å²) in [5, 5.41) is 26.6. The second-order valence-corrected chi connectivity index (χ2v) is 25.7. The van der Waals surface area contributed by atoms with Crippen LogP contribution in [0.15, 0.2) is 149 Å². The Morgan fingerprint density at radius 3 is 1.84 bits per heavy atom. The van der Waals surface area contributed by atoms with E-state index in [1.807, 2.05) is 131 Å². The minimum absolute atomic E-state index is 0.0527. The molecule has 2 aromatic heterocycles. The number of benzene rings is 5. The van der Waals surface area contributed by atoms with Gasteiger partial charge < -0.3 is 46.3 Å². The number of alkyl carbamates (subject to hydrolysis) is 1. The van der Waals surface area contributed by atoms with E-state index >= 15 is 0 Å². The van der Waals surface area contributed by atoms with Crippen LogP contribution in [0.3, 0.4) is 0 Å². The Morgan fingerprint density at radius 1 is 0.703 bits per heavy atom. The number of hydrogen-bond acceptors (Lipinski definition) is 12. The van der Waals surface area contributed by atoms with Crippen molar-refractivity contribution in [2.75, 3.05) is 45.1 Å². The quantitative estimate of drug-likeness (QED) is 0.0306. The molecule has 6 heterocycles. The van der Waals surface area contributed by atoms with E-state index in [9.17, 15) is 33.6 Å². The van der Waals surface area contributed by atoms with Gasteiger partial charge in [0.25, 0.3) is 0 Å². The van der Waals surface area contributed by atoms with Crippen molar-refractivity contribution in [1.29, 1.82) is 0 Å². The minimum Gasteiger partial charge on any atom is -0.481 e. The zero-order valence-electron chi connectivity index (χ0n) is 52.4. The van der Waals surface area contributed by atoms with Crippen molar-refractivity contribution >= 4 is 64.1 Å². The van der Waals surface area contributed by atoms with Crippen LogP contribution in [0, 0.1) is 0 Å². The third kappa shape index (κ3) is 16.9. The third-order valence-corrected chi connectivity index (χ3v) is 18.5. The molecule has 4 aliphatic heterocycles. The molecule has 0 aliphatic carbocycles. The van der Waals surface area contributed by atoms with E-state index in [0.717, 1.165) is 70.2 Å². The van der Waals surface area contributed by atoms with Crippen molar-refractivity contribution in [2.24, 2.45) is 5.73 Å². The number of ether oxygens (including phenoxy) is 2. The van der Waals surface area contributed by atoms with Crippen molar-refractivity contribution < 1.29 is 43.7 Å². The van der Waals surface area contributed by atoms with Gasteiger partial charge in [-0.1, -0.05) is 129 Å². The molecule has 4 fully saturated rings. The summed E-state index contributed by atoms with van der Waals surface area (Å²) in [6.07, 6.45) is 3.23. The zero-order valence-corrected chi connectivity index (χ0v) is 53.3. The number of unbranched alkanes of at least 4 members (excludes halogenated alkanes) is 1. The molecule has 486 valence electrons. The van der Waals surface area contributed by atoms with E-state index in [1.54, 1.807) is 34.5 Å². The maximum Gasteiger partial charge on any atom is 0.411 e. The zero-order chi connectivity index (χ0) is 64.6. The molecule has 7 N–H and O–H groups in total. The van der Waals surface area contributed by atoms with Crippen LogP contribution in [0.2, 0.25) is 0 Å². The Kier molecular flexibility index (Phi) is 23.1. The molecule has 23 heteroatoms. The number of likely N-dealkylation sites (tertiary alicyclic amines) is 2. The van der Waals surface area contributed by atoms with Gasteiger partial charge in [0.05, 0.1) is 53.0 Å². The third-order valence-electron chi connectivity index (χ3n) is 17.0. The topological polar surface area (TPSA) is 270 Å². The minimum atomic E-state index is -0.925. The Labute approximate surface area is 534 Å². The number of aliphatic carboxylic acids is 1. The number of thioether (sulfide) groups is 1. The van der Waals surface area contributed by atoms with Gasteiger partial charge in [0.1, 0.15) is 5.60 Å². The smallest absolute Gasteiger partial charge is 0.411 e. The van der Waals surface area contributed by atoms with E-state index < -0.39 is 29.9 Å². The van der Waals surface area contributed by atoms with E-state index in [1.165, 1.54) is 4.90 Å². The van der Waals surface area contributed by atoms with Gasteiger partial charge in [0.15, 0.2) is 0 Å². The Bertz CT molecular complexity index is 3630. The fourth-order valence-corrected chi connectivity index (χ4v) is 14.5. The number of para-hydroxylation sites is 4. The highest BCUT2D eigenvalue weighted by Crippen LogP contribution is 2.44. The highest BCUT2D eigenvalue weighted by Gasteiger charge is 2.47. The average Bonchev–Trinajstić information content (AvgIpc) is 1.76. The number of fused-ring (bicyclic) bond motifs is 3. The lowest BCUT2D eigenvalue weighted by Crippen LogP contribution is -2.59. The van der Waals surface area contributed by atoms with Gasteiger partial charge in [-0.05, 0) is 100 Å². The highest BCUT2D eigenvalue weighted by molar-refractivity contribution is 8.00. The number of rotatable bonds is 20. The SMILES string of the molecule is CC(C)(C)OC(=O)NCCn1c(=O)n(C2CCN(C(=O)O)CC2)c2ccccc21.CCCOC(=O)N1CCC(n2c(=O)n(CCN)c3ccccc32)C(c2ccccc2)[C@H]1N(Cc1ccccc1)Cc1ccccc1.O=C(O)CCCC[C@@H]1SC[C@@H]2NC(=O)N[C@@H]21. The summed E-state index contributed by atoms with van der Waals surface area (Å²) in [6, 6.07) is 46.7. The van der Waals surface area contributed by atoms with Crippen LogP contribution < -0.4 is 33.1 Å².